The third-order valence-electron chi connectivity index (χ3n) is 3.51. The lowest BCUT2D eigenvalue weighted by molar-refractivity contribution is 0.0692. The predicted molar refractivity (Wildman–Crippen MR) is 82.8 cm³/mol. The van der Waals surface area contributed by atoms with Crippen LogP contribution >= 0.6 is 0 Å². The molecule has 0 aliphatic heterocycles. The highest BCUT2D eigenvalue weighted by molar-refractivity contribution is 5.99. The Morgan fingerprint density at radius 1 is 1.38 bits per heavy atom. The third kappa shape index (κ3) is 5.49. The lowest BCUT2D eigenvalue weighted by atomic mass is 9.99. The molecule has 0 saturated carbocycles. The van der Waals surface area contributed by atoms with Crippen LogP contribution in [0, 0.1) is 12.8 Å². The average Bonchev–Trinajstić information content (AvgIpc) is 2.80. The first-order valence-electron chi connectivity index (χ1n) is 7.45. The lowest BCUT2D eigenvalue weighted by Crippen LogP contribution is -2.33. The normalized spacial score (nSPS) is 12.0. The highest BCUT2D eigenvalue weighted by atomic mass is 16.4. The maximum absolute atomic E-state index is 11.9. The van der Waals surface area contributed by atoms with Crippen molar-refractivity contribution in [2.45, 2.75) is 46.5 Å². The molecule has 1 heterocycles. The van der Waals surface area contributed by atoms with Gasteiger partial charge in [0.1, 0.15) is 5.69 Å². The van der Waals surface area contributed by atoms with Crippen LogP contribution in [0.4, 0.5) is 10.5 Å². The van der Waals surface area contributed by atoms with E-state index < -0.39 is 5.97 Å². The van der Waals surface area contributed by atoms with Crippen molar-refractivity contribution in [2.24, 2.45) is 5.92 Å². The summed E-state index contributed by atoms with van der Waals surface area (Å²) in [6, 6.07) is 1.24. The number of hydrogen-bond acceptors (Lipinski definition) is 2. The van der Waals surface area contributed by atoms with Gasteiger partial charge < -0.3 is 20.7 Å². The second-order valence-corrected chi connectivity index (χ2v) is 5.30. The Balaban J connectivity index is 2.52. The molecule has 1 aromatic heterocycles. The van der Waals surface area contributed by atoms with Crippen molar-refractivity contribution in [1.82, 2.24) is 10.3 Å². The van der Waals surface area contributed by atoms with Gasteiger partial charge in [-0.15, -0.1) is 0 Å². The van der Waals surface area contributed by atoms with E-state index >= 15 is 0 Å². The number of amides is 2. The summed E-state index contributed by atoms with van der Waals surface area (Å²) >= 11 is 0. The van der Waals surface area contributed by atoms with E-state index in [0.29, 0.717) is 23.8 Å². The molecule has 4 N–H and O–H groups in total. The van der Waals surface area contributed by atoms with E-state index in [1.807, 2.05) is 0 Å². The molecule has 0 bridgehead atoms. The molecule has 0 aliphatic rings. The number of H-pyrrole nitrogens is 1. The Labute approximate surface area is 125 Å². The summed E-state index contributed by atoms with van der Waals surface area (Å²) in [5.41, 5.74) is 0.983. The van der Waals surface area contributed by atoms with Gasteiger partial charge in [0, 0.05) is 12.2 Å². The van der Waals surface area contributed by atoms with Crippen LogP contribution in [0.3, 0.4) is 0 Å². The Morgan fingerprint density at radius 3 is 2.67 bits per heavy atom. The van der Waals surface area contributed by atoms with E-state index in [9.17, 15) is 9.59 Å². The minimum atomic E-state index is -1.09. The molecule has 0 fully saturated rings. The number of aryl methyl sites for hydroxylation is 1. The van der Waals surface area contributed by atoms with E-state index in [1.54, 1.807) is 13.0 Å². The molecule has 0 spiro atoms. The summed E-state index contributed by atoms with van der Waals surface area (Å²) < 4.78 is 0. The summed E-state index contributed by atoms with van der Waals surface area (Å²) in [6.45, 7) is 6.61. The van der Waals surface area contributed by atoms with Gasteiger partial charge in [0.25, 0.3) is 0 Å². The van der Waals surface area contributed by atoms with E-state index in [0.717, 1.165) is 25.7 Å². The maximum Gasteiger partial charge on any atom is 0.354 e. The van der Waals surface area contributed by atoms with E-state index in [4.69, 9.17) is 5.11 Å². The fraction of sp³-hybridized carbons (Fsp3) is 0.600. The Kier molecular flexibility index (Phi) is 6.78. The Bertz CT molecular complexity index is 483. The predicted octanol–water partition coefficient (Wildman–Crippen LogP) is 3.36. The second kappa shape index (κ2) is 8.34. The molecule has 2 amide bonds. The van der Waals surface area contributed by atoms with Crippen LogP contribution in [0.15, 0.2) is 6.07 Å². The van der Waals surface area contributed by atoms with Crippen molar-refractivity contribution in [3.8, 4) is 0 Å². The molecule has 1 rings (SSSR count). The summed E-state index contributed by atoms with van der Waals surface area (Å²) in [5.74, 6) is -0.629. The van der Waals surface area contributed by atoms with Crippen LogP contribution in [0.1, 0.15) is 55.7 Å². The molecule has 0 aromatic carbocycles. The molecule has 1 aromatic rings. The number of hydrogen-bond donors (Lipinski definition) is 4. The fourth-order valence-electron chi connectivity index (χ4n) is 2.20. The van der Waals surface area contributed by atoms with Crippen molar-refractivity contribution in [3.05, 3.63) is 17.5 Å². The quantitative estimate of drug-likeness (QED) is 0.592. The van der Waals surface area contributed by atoms with Crippen LogP contribution in [0.5, 0.6) is 0 Å². The molecule has 21 heavy (non-hydrogen) atoms. The van der Waals surface area contributed by atoms with E-state index in [-0.39, 0.29) is 11.7 Å². The third-order valence-corrected chi connectivity index (χ3v) is 3.51. The fourth-order valence-corrected chi connectivity index (χ4v) is 2.20. The summed E-state index contributed by atoms with van der Waals surface area (Å²) in [4.78, 5) is 25.6. The zero-order chi connectivity index (χ0) is 15.8. The number of aromatic carboxylic acids is 1. The van der Waals surface area contributed by atoms with E-state index in [2.05, 4.69) is 29.5 Å². The number of urea groups is 1. The van der Waals surface area contributed by atoms with Gasteiger partial charge in [-0.3, -0.25) is 0 Å². The van der Waals surface area contributed by atoms with Gasteiger partial charge in [-0.25, -0.2) is 9.59 Å². The molecule has 0 saturated heterocycles. The van der Waals surface area contributed by atoms with Crippen molar-refractivity contribution in [2.75, 3.05) is 11.9 Å². The van der Waals surface area contributed by atoms with E-state index in [1.165, 1.54) is 0 Å². The average molecular weight is 295 g/mol. The molecule has 1 unspecified atom stereocenters. The molecule has 118 valence electrons. The first-order chi connectivity index (χ1) is 9.97. The zero-order valence-electron chi connectivity index (χ0n) is 13.0. The number of nitrogens with one attached hydrogen (secondary N) is 3. The topological polar surface area (TPSA) is 94.2 Å². The standard InChI is InChI=1S/C15H25N3O3/c1-4-6-7-11(5-2)9-16-15(21)18-12-8-10(3)17-13(12)14(19)20/h8,11,17H,4-7,9H2,1-3H3,(H,19,20)(H2,16,18,21). The number of anilines is 1. The second-order valence-electron chi connectivity index (χ2n) is 5.30. The minimum Gasteiger partial charge on any atom is -0.477 e. The molecule has 6 nitrogen and oxygen atoms in total. The van der Waals surface area contributed by atoms with Crippen LogP contribution in [-0.2, 0) is 0 Å². The van der Waals surface area contributed by atoms with Gasteiger partial charge in [-0.2, -0.15) is 0 Å². The molecule has 6 heteroatoms. The first kappa shape index (κ1) is 17.1. The number of unbranched alkanes of at least 4 members (excludes halogenated alkanes) is 1. The summed E-state index contributed by atoms with van der Waals surface area (Å²) in [6.07, 6.45) is 4.41. The van der Waals surface area contributed by atoms with Gasteiger partial charge in [0.05, 0.1) is 5.69 Å². The van der Waals surface area contributed by atoms with Crippen LogP contribution < -0.4 is 10.6 Å². The molecular weight excluding hydrogens is 270 g/mol. The molecular formula is C15H25N3O3. The van der Waals surface area contributed by atoms with Gasteiger partial charge in [0.15, 0.2) is 0 Å². The lowest BCUT2D eigenvalue weighted by Gasteiger charge is -2.15. The molecule has 0 radical (unpaired) electrons. The largest absolute Gasteiger partial charge is 0.477 e. The van der Waals surface area contributed by atoms with Crippen molar-refractivity contribution >= 4 is 17.7 Å². The van der Waals surface area contributed by atoms with Crippen LogP contribution in [-0.4, -0.2) is 28.6 Å². The zero-order valence-corrected chi connectivity index (χ0v) is 13.0. The SMILES string of the molecule is CCCCC(CC)CNC(=O)Nc1cc(C)[nH]c1C(=O)O. The number of aromatic nitrogens is 1. The summed E-state index contributed by atoms with van der Waals surface area (Å²) in [5, 5.41) is 14.4. The maximum atomic E-state index is 11.9. The smallest absolute Gasteiger partial charge is 0.354 e. The number of aromatic amines is 1. The summed E-state index contributed by atoms with van der Waals surface area (Å²) in [7, 11) is 0. The molecule has 1 atom stereocenters. The minimum absolute atomic E-state index is 0.000625. The number of carboxylic acids is 1. The van der Waals surface area contributed by atoms with Crippen molar-refractivity contribution < 1.29 is 14.7 Å². The highest BCUT2D eigenvalue weighted by Gasteiger charge is 2.15. The molecule has 0 aliphatic carbocycles. The number of rotatable bonds is 8. The number of carboxylic acid groups (broad SMARTS) is 1. The monoisotopic (exact) mass is 295 g/mol. The Morgan fingerprint density at radius 2 is 2.10 bits per heavy atom. The van der Waals surface area contributed by atoms with Gasteiger partial charge in [-0.05, 0) is 25.3 Å². The van der Waals surface area contributed by atoms with Crippen LogP contribution in [0.25, 0.3) is 0 Å². The van der Waals surface area contributed by atoms with Gasteiger partial charge in [0.2, 0.25) is 0 Å². The van der Waals surface area contributed by atoms with Crippen molar-refractivity contribution in [1.29, 1.82) is 0 Å². The van der Waals surface area contributed by atoms with Gasteiger partial charge in [-0.1, -0.05) is 33.1 Å². The number of carbonyl (C=O) groups is 2. The first-order valence-corrected chi connectivity index (χ1v) is 7.45. The highest BCUT2D eigenvalue weighted by Crippen LogP contribution is 2.17. The van der Waals surface area contributed by atoms with Crippen LogP contribution in [0.2, 0.25) is 0 Å². The van der Waals surface area contributed by atoms with Gasteiger partial charge >= 0.3 is 12.0 Å². The van der Waals surface area contributed by atoms with Crippen molar-refractivity contribution in [3.63, 3.8) is 0 Å². The Hall–Kier alpha value is -1.98. The number of carbonyl (C=O) groups excluding carboxylic acids is 1.